The Bertz CT molecular complexity index is 692. The van der Waals surface area contributed by atoms with Gasteiger partial charge in [0.05, 0.1) is 11.1 Å². The zero-order valence-corrected chi connectivity index (χ0v) is 16.7. The first-order valence-electron chi connectivity index (χ1n) is 7.28. The molecule has 1 N–H and O–H groups in total. The van der Waals surface area contributed by atoms with Crippen LogP contribution in [0.4, 0.5) is 26.3 Å². The average molecular weight is 470 g/mol. The molecule has 1 rings (SSSR count). The summed E-state index contributed by atoms with van der Waals surface area (Å²) in [5.74, 6) is -7.24. The standard InChI is InChI=1S/C15H18BrF6NO2S/c1-12(2,3)26(25)7-13(4,10-8(17)5-6-9(16)23-10)14(18,19)11(24)15(20,21)22/h5-6,11,24H,7H2,1-4H3/t11-,13+,26-/m0/s1. The maximum Gasteiger partial charge on any atom is 0.420 e. The van der Waals surface area contributed by atoms with Gasteiger partial charge in [0.2, 0.25) is 6.10 Å². The van der Waals surface area contributed by atoms with E-state index < -0.39 is 56.4 Å². The van der Waals surface area contributed by atoms with Crippen LogP contribution in [0.5, 0.6) is 0 Å². The summed E-state index contributed by atoms with van der Waals surface area (Å²) in [7, 11) is -2.09. The van der Waals surface area contributed by atoms with Crippen LogP contribution in [0.1, 0.15) is 33.4 Å². The summed E-state index contributed by atoms with van der Waals surface area (Å²) in [4.78, 5) is 3.56. The third kappa shape index (κ3) is 4.59. The molecule has 1 heterocycles. The van der Waals surface area contributed by atoms with Crippen LogP contribution >= 0.6 is 15.9 Å². The van der Waals surface area contributed by atoms with Crippen LogP contribution in [0.25, 0.3) is 0 Å². The van der Waals surface area contributed by atoms with Crippen molar-refractivity contribution in [1.82, 2.24) is 4.98 Å². The zero-order chi connectivity index (χ0) is 20.7. The van der Waals surface area contributed by atoms with Gasteiger partial charge in [-0.2, -0.15) is 13.2 Å². The largest absolute Gasteiger partial charge is 0.420 e. The first-order valence-corrected chi connectivity index (χ1v) is 9.39. The van der Waals surface area contributed by atoms with Crippen LogP contribution in [0.3, 0.4) is 0 Å². The van der Waals surface area contributed by atoms with Crippen LogP contribution in [-0.4, -0.2) is 43.0 Å². The molecule has 0 saturated carbocycles. The van der Waals surface area contributed by atoms with Crippen LogP contribution in [0.2, 0.25) is 0 Å². The first-order chi connectivity index (χ1) is 11.4. The number of aromatic nitrogens is 1. The van der Waals surface area contributed by atoms with Crippen molar-refractivity contribution in [3.8, 4) is 0 Å². The fraction of sp³-hybridized carbons (Fsp3) is 0.667. The van der Waals surface area contributed by atoms with Gasteiger partial charge < -0.3 is 5.11 Å². The molecule has 3 nitrogen and oxygen atoms in total. The number of halogens is 7. The third-order valence-corrected chi connectivity index (χ3v) is 6.47. The van der Waals surface area contributed by atoms with Crippen LogP contribution in [0.15, 0.2) is 16.7 Å². The van der Waals surface area contributed by atoms with E-state index in [0.717, 1.165) is 12.1 Å². The molecule has 0 amide bonds. The van der Waals surface area contributed by atoms with Crippen molar-refractivity contribution in [1.29, 1.82) is 0 Å². The second-order valence-electron chi connectivity index (χ2n) is 6.97. The summed E-state index contributed by atoms with van der Waals surface area (Å²) in [5.41, 5.74) is -4.01. The molecule has 0 aliphatic carbocycles. The van der Waals surface area contributed by atoms with Gasteiger partial charge in [0, 0.05) is 21.3 Å². The van der Waals surface area contributed by atoms with Gasteiger partial charge in [-0.05, 0) is 55.8 Å². The smallest absolute Gasteiger partial charge is 0.379 e. The van der Waals surface area contributed by atoms with Crippen LogP contribution in [-0.2, 0) is 16.2 Å². The molecule has 0 saturated heterocycles. The molecule has 26 heavy (non-hydrogen) atoms. The van der Waals surface area contributed by atoms with Gasteiger partial charge in [-0.1, -0.05) is 0 Å². The molecule has 0 aliphatic rings. The van der Waals surface area contributed by atoms with Crippen molar-refractivity contribution in [3.63, 3.8) is 0 Å². The van der Waals surface area contributed by atoms with Gasteiger partial charge in [-0.3, -0.25) is 4.21 Å². The van der Waals surface area contributed by atoms with Crippen molar-refractivity contribution in [2.24, 2.45) is 0 Å². The lowest BCUT2D eigenvalue weighted by molar-refractivity contribution is -0.284. The molecular weight excluding hydrogens is 452 g/mol. The van der Waals surface area contributed by atoms with Gasteiger partial charge in [0.15, 0.2) is 0 Å². The van der Waals surface area contributed by atoms with Crippen LogP contribution < -0.4 is 0 Å². The monoisotopic (exact) mass is 469 g/mol. The molecule has 11 heteroatoms. The molecule has 1 aromatic heterocycles. The summed E-state index contributed by atoms with van der Waals surface area (Å²) in [5, 5.41) is 9.25. The molecular formula is C15H18BrF6NO2S. The molecule has 0 fully saturated rings. The number of alkyl halides is 5. The molecule has 1 aromatic rings. The van der Waals surface area contributed by atoms with E-state index in [2.05, 4.69) is 20.9 Å². The predicted octanol–water partition coefficient (Wildman–Crippen LogP) is 4.35. The Morgan fingerprint density at radius 3 is 2.08 bits per heavy atom. The van der Waals surface area contributed by atoms with Crippen molar-refractivity contribution in [3.05, 3.63) is 28.2 Å². The van der Waals surface area contributed by atoms with Gasteiger partial charge >= 0.3 is 6.18 Å². The number of hydrogen-bond donors (Lipinski definition) is 1. The van der Waals surface area contributed by atoms with E-state index >= 15 is 0 Å². The molecule has 0 aromatic carbocycles. The normalized spacial score (nSPS) is 18.3. The number of rotatable bonds is 5. The second kappa shape index (κ2) is 7.38. The van der Waals surface area contributed by atoms with E-state index in [-0.39, 0.29) is 4.60 Å². The first kappa shape index (κ1) is 23.4. The quantitative estimate of drug-likeness (QED) is 0.515. The molecule has 3 atom stereocenters. The van der Waals surface area contributed by atoms with E-state index in [0.29, 0.717) is 6.92 Å². The Balaban J connectivity index is 3.67. The van der Waals surface area contributed by atoms with E-state index in [1.807, 2.05) is 0 Å². The lowest BCUT2D eigenvalue weighted by Gasteiger charge is -2.40. The number of aliphatic hydroxyl groups is 1. The van der Waals surface area contributed by atoms with Crippen molar-refractivity contribution < 1.29 is 35.7 Å². The maximum atomic E-state index is 14.8. The lowest BCUT2D eigenvalue weighted by Crippen LogP contribution is -2.60. The SMILES string of the molecule is CC(C)(C)[S@@](=O)C[C@](C)(c1nc(Br)ccc1F)C(F)(F)[C@H](O)C(F)(F)F. The molecule has 0 aliphatic heterocycles. The minimum atomic E-state index is -5.67. The fourth-order valence-electron chi connectivity index (χ4n) is 2.11. The Morgan fingerprint density at radius 1 is 1.15 bits per heavy atom. The third-order valence-electron chi connectivity index (χ3n) is 3.83. The number of nitrogens with zero attached hydrogens (tertiary/aromatic N) is 1. The number of aliphatic hydroxyl groups excluding tert-OH is 1. The highest BCUT2D eigenvalue weighted by Crippen LogP contribution is 2.47. The van der Waals surface area contributed by atoms with Crippen molar-refractivity contribution >= 4 is 26.7 Å². The Kier molecular flexibility index (Phi) is 6.63. The highest BCUT2D eigenvalue weighted by molar-refractivity contribution is 9.10. The summed E-state index contributed by atoms with van der Waals surface area (Å²) < 4.78 is 93.5. The zero-order valence-electron chi connectivity index (χ0n) is 14.3. The Morgan fingerprint density at radius 2 is 1.65 bits per heavy atom. The molecule has 0 unspecified atom stereocenters. The minimum Gasteiger partial charge on any atom is -0.379 e. The molecule has 0 radical (unpaired) electrons. The fourth-order valence-corrected chi connectivity index (χ4v) is 3.71. The molecule has 0 spiro atoms. The van der Waals surface area contributed by atoms with Crippen molar-refractivity contribution in [2.45, 2.75) is 56.1 Å². The van der Waals surface area contributed by atoms with Gasteiger partial charge in [-0.15, -0.1) is 0 Å². The molecule has 0 bridgehead atoms. The van der Waals surface area contributed by atoms with E-state index in [9.17, 15) is 35.7 Å². The summed E-state index contributed by atoms with van der Waals surface area (Å²) >= 11 is 2.85. The summed E-state index contributed by atoms with van der Waals surface area (Å²) in [6.07, 6.45) is -9.76. The summed E-state index contributed by atoms with van der Waals surface area (Å²) in [6.45, 7) is 4.93. The topological polar surface area (TPSA) is 50.2 Å². The van der Waals surface area contributed by atoms with E-state index in [1.54, 1.807) is 0 Å². The van der Waals surface area contributed by atoms with Crippen molar-refractivity contribution in [2.75, 3.05) is 5.75 Å². The highest BCUT2D eigenvalue weighted by Gasteiger charge is 2.66. The number of pyridine rings is 1. The van der Waals surface area contributed by atoms with E-state index in [4.69, 9.17) is 0 Å². The van der Waals surface area contributed by atoms with Crippen LogP contribution in [0, 0.1) is 5.82 Å². The van der Waals surface area contributed by atoms with Gasteiger partial charge in [0.25, 0.3) is 5.92 Å². The number of hydrogen-bond acceptors (Lipinski definition) is 3. The van der Waals surface area contributed by atoms with E-state index in [1.165, 1.54) is 20.8 Å². The summed E-state index contributed by atoms with van der Waals surface area (Å²) in [6, 6.07) is 1.83. The predicted molar refractivity (Wildman–Crippen MR) is 89.0 cm³/mol. The minimum absolute atomic E-state index is 0.0982. The van der Waals surface area contributed by atoms with Gasteiger partial charge in [0.1, 0.15) is 10.4 Å². The van der Waals surface area contributed by atoms with Gasteiger partial charge in [-0.25, -0.2) is 18.2 Å². The second-order valence-corrected chi connectivity index (χ2v) is 9.98. The average Bonchev–Trinajstić information content (AvgIpc) is 2.46. The maximum absolute atomic E-state index is 14.8. The Hall–Kier alpha value is -0.680. The lowest BCUT2D eigenvalue weighted by atomic mass is 9.78. The Labute approximate surface area is 157 Å². The molecule has 150 valence electrons. The highest BCUT2D eigenvalue weighted by atomic mass is 79.9.